The summed E-state index contributed by atoms with van der Waals surface area (Å²) in [5, 5.41) is 9.56. The summed E-state index contributed by atoms with van der Waals surface area (Å²) in [4.78, 5) is 0.916. The van der Waals surface area contributed by atoms with E-state index in [1.165, 1.54) is 6.42 Å². The summed E-state index contributed by atoms with van der Waals surface area (Å²) >= 11 is 1.62. The van der Waals surface area contributed by atoms with Crippen LogP contribution in [0.4, 0.5) is 0 Å². The van der Waals surface area contributed by atoms with Gasteiger partial charge in [0.1, 0.15) is 11.2 Å². The van der Waals surface area contributed by atoms with Crippen LogP contribution in [0, 0.1) is 0 Å². The fourth-order valence-electron chi connectivity index (χ4n) is 1.50. The molecule has 1 fully saturated rings. The van der Waals surface area contributed by atoms with E-state index < -0.39 is 0 Å². The number of hydrogen-bond acceptors (Lipinski definition) is 3. The van der Waals surface area contributed by atoms with E-state index >= 15 is 0 Å². The number of hydrogen-bond donors (Lipinski definition) is 1. The molecule has 1 N–H and O–H groups in total. The summed E-state index contributed by atoms with van der Waals surface area (Å²) in [5.74, 6) is 0.353. The standard InChI is InChI=1S/C11H14O2S/c12-9-5-1-2-6-10(9)14-11-7-3-4-8-13-11/h1-2,5-6,11-12H,3-4,7-8H2/t11-/m1/s1. The third-order valence-electron chi connectivity index (χ3n) is 2.26. The lowest BCUT2D eigenvalue weighted by Gasteiger charge is -2.22. The lowest BCUT2D eigenvalue weighted by molar-refractivity contribution is 0.0727. The number of rotatable bonds is 2. The van der Waals surface area contributed by atoms with Gasteiger partial charge in [-0.15, -0.1) is 0 Å². The Morgan fingerprint density at radius 1 is 1.29 bits per heavy atom. The largest absolute Gasteiger partial charge is 0.507 e. The normalized spacial score (nSPS) is 22.1. The first kappa shape index (κ1) is 9.87. The van der Waals surface area contributed by atoms with Crippen LogP contribution in [0.3, 0.4) is 0 Å². The predicted molar refractivity (Wildman–Crippen MR) is 57.6 cm³/mol. The SMILES string of the molecule is Oc1ccccc1S[C@@H]1CCCCO1. The van der Waals surface area contributed by atoms with E-state index in [2.05, 4.69) is 0 Å². The van der Waals surface area contributed by atoms with Crippen molar-refractivity contribution < 1.29 is 9.84 Å². The highest BCUT2D eigenvalue weighted by Gasteiger charge is 2.16. The third-order valence-corrected chi connectivity index (χ3v) is 3.50. The highest BCUT2D eigenvalue weighted by molar-refractivity contribution is 7.99. The molecule has 1 aromatic rings. The van der Waals surface area contributed by atoms with Crippen molar-refractivity contribution in [1.29, 1.82) is 0 Å². The summed E-state index contributed by atoms with van der Waals surface area (Å²) in [6.07, 6.45) is 3.47. The third kappa shape index (κ3) is 2.42. The maximum atomic E-state index is 9.56. The van der Waals surface area contributed by atoms with Crippen LogP contribution in [0.1, 0.15) is 19.3 Å². The average Bonchev–Trinajstić information content (AvgIpc) is 2.23. The van der Waals surface area contributed by atoms with E-state index in [1.54, 1.807) is 17.8 Å². The number of aromatic hydroxyl groups is 1. The van der Waals surface area contributed by atoms with Gasteiger partial charge in [0.15, 0.2) is 0 Å². The molecular weight excluding hydrogens is 196 g/mol. The molecule has 14 heavy (non-hydrogen) atoms. The van der Waals surface area contributed by atoms with Crippen molar-refractivity contribution in [3.63, 3.8) is 0 Å². The van der Waals surface area contributed by atoms with Gasteiger partial charge in [0.25, 0.3) is 0 Å². The van der Waals surface area contributed by atoms with Crippen molar-refractivity contribution in [3.8, 4) is 5.75 Å². The smallest absolute Gasteiger partial charge is 0.129 e. The van der Waals surface area contributed by atoms with Crippen LogP contribution in [0.15, 0.2) is 29.2 Å². The van der Waals surface area contributed by atoms with Gasteiger partial charge < -0.3 is 9.84 Å². The van der Waals surface area contributed by atoms with E-state index in [1.807, 2.05) is 18.2 Å². The van der Waals surface area contributed by atoms with Crippen molar-refractivity contribution in [3.05, 3.63) is 24.3 Å². The second kappa shape index (κ2) is 4.71. The maximum Gasteiger partial charge on any atom is 0.129 e. The number of thioether (sulfide) groups is 1. The Morgan fingerprint density at radius 3 is 2.86 bits per heavy atom. The van der Waals surface area contributed by atoms with Gasteiger partial charge in [-0.05, 0) is 31.4 Å². The number of ether oxygens (including phenoxy) is 1. The molecule has 1 heterocycles. The summed E-state index contributed by atoms with van der Waals surface area (Å²) in [6, 6.07) is 7.41. The minimum Gasteiger partial charge on any atom is -0.507 e. The zero-order valence-corrected chi connectivity index (χ0v) is 8.80. The molecule has 0 radical (unpaired) electrons. The number of phenolic OH excluding ortho intramolecular Hbond substituents is 1. The molecule has 2 rings (SSSR count). The highest BCUT2D eigenvalue weighted by atomic mass is 32.2. The van der Waals surface area contributed by atoms with Crippen molar-refractivity contribution in [1.82, 2.24) is 0 Å². The van der Waals surface area contributed by atoms with Crippen LogP contribution in [0.2, 0.25) is 0 Å². The molecule has 3 heteroatoms. The van der Waals surface area contributed by atoms with Crippen LogP contribution in [0.25, 0.3) is 0 Å². The molecule has 0 saturated carbocycles. The van der Waals surface area contributed by atoms with Crippen molar-refractivity contribution in [2.45, 2.75) is 29.6 Å². The summed E-state index contributed by atoms with van der Waals surface area (Å²) in [7, 11) is 0. The average molecular weight is 210 g/mol. The minimum atomic E-state index is 0.219. The quantitative estimate of drug-likeness (QED) is 0.813. The van der Waals surface area contributed by atoms with Gasteiger partial charge in [-0.2, -0.15) is 0 Å². The highest BCUT2D eigenvalue weighted by Crippen LogP contribution is 2.34. The molecule has 0 aliphatic carbocycles. The number of phenols is 1. The Labute approximate surface area is 88.3 Å². The van der Waals surface area contributed by atoms with Crippen molar-refractivity contribution in [2.24, 2.45) is 0 Å². The molecule has 2 nitrogen and oxygen atoms in total. The van der Waals surface area contributed by atoms with Gasteiger partial charge in [0, 0.05) is 6.61 Å². The van der Waals surface area contributed by atoms with E-state index in [4.69, 9.17) is 4.74 Å². The first-order valence-electron chi connectivity index (χ1n) is 4.92. The molecule has 1 saturated heterocycles. The number of benzene rings is 1. The summed E-state index contributed by atoms with van der Waals surface area (Å²) in [6.45, 7) is 0.852. The monoisotopic (exact) mass is 210 g/mol. The summed E-state index contributed by atoms with van der Waals surface area (Å²) < 4.78 is 5.59. The fourth-order valence-corrected chi connectivity index (χ4v) is 2.58. The van der Waals surface area contributed by atoms with E-state index in [0.29, 0.717) is 5.75 Å². The van der Waals surface area contributed by atoms with Crippen LogP contribution >= 0.6 is 11.8 Å². The molecule has 0 bridgehead atoms. The van der Waals surface area contributed by atoms with E-state index in [9.17, 15) is 5.11 Å². The lowest BCUT2D eigenvalue weighted by Crippen LogP contribution is -2.14. The Balaban J connectivity index is 1.99. The molecule has 0 aromatic heterocycles. The maximum absolute atomic E-state index is 9.56. The molecule has 1 aliphatic heterocycles. The predicted octanol–water partition coefficient (Wildman–Crippen LogP) is 3.01. The topological polar surface area (TPSA) is 29.5 Å². The lowest BCUT2D eigenvalue weighted by atomic mass is 10.2. The molecule has 76 valence electrons. The molecular formula is C11H14O2S. The molecule has 1 aliphatic rings. The van der Waals surface area contributed by atoms with Gasteiger partial charge in [-0.3, -0.25) is 0 Å². The zero-order valence-electron chi connectivity index (χ0n) is 7.98. The van der Waals surface area contributed by atoms with Crippen LogP contribution < -0.4 is 0 Å². The molecule has 1 aromatic carbocycles. The summed E-state index contributed by atoms with van der Waals surface area (Å²) in [5.41, 5.74) is 0.219. The van der Waals surface area contributed by atoms with Gasteiger partial charge in [-0.25, -0.2) is 0 Å². The second-order valence-corrected chi connectivity index (χ2v) is 4.58. The Hall–Kier alpha value is -0.670. The van der Waals surface area contributed by atoms with Gasteiger partial charge in [0.05, 0.1) is 4.90 Å². The van der Waals surface area contributed by atoms with Gasteiger partial charge in [0.2, 0.25) is 0 Å². The van der Waals surface area contributed by atoms with Crippen LogP contribution in [0.5, 0.6) is 5.75 Å². The molecule has 0 unspecified atom stereocenters. The van der Waals surface area contributed by atoms with Crippen LogP contribution in [-0.4, -0.2) is 17.1 Å². The van der Waals surface area contributed by atoms with Crippen molar-refractivity contribution in [2.75, 3.05) is 6.61 Å². The van der Waals surface area contributed by atoms with Gasteiger partial charge in [-0.1, -0.05) is 23.9 Å². The van der Waals surface area contributed by atoms with E-state index in [-0.39, 0.29) is 5.44 Å². The number of para-hydroxylation sites is 1. The molecule has 0 amide bonds. The zero-order chi connectivity index (χ0) is 9.80. The Morgan fingerprint density at radius 2 is 2.14 bits per heavy atom. The first-order chi connectivity index (χ1) is 6.86. The Kier molecular flexibility index (Phi) is 3.32. The van der Waals surface area contributed by atoms with Crippen molar-refractivity contribution >= 4 is 11.8 Å². The second-order valence-electron chi connectivity index (χ2n) is 3.38. The molecule has 0 spiro atoms. The van der Waals surface area contributed by atoms with Crippen LogP contribution in [-0.2, 0) is 4.74 Å². The molecule has 1 atom stereocenters. The van der Waals surface area contributed by atoms with Gasteiger partial charge >= 0.3 is 0 Å². The van der Waals surface area contributed by atoms with E-state index in [0.717, 1.165) is 24.3 Å². The minimum absolute atomic E-state index is 0.219. The first-order valence-corrected chi connectivity index (χ1v) is 5.80. The Bertz CT molecular complexity index is 295. The fraction of sp³-hybridized carbons (Fsp3) is 0.455.